The van der Waals surface area contributed by atoms with Crippen LogP contribution in [-0.2, 0) is 6.54 Å². The molecular weight excluding hydrogens is 322 g/mol. The molecule has 1 unspecified atom stereocenters. The van der Waals surface area contributed by atoms with E-state index in [1.54, 1.807) is 6.33 Å². The molecule has 5 nitrogen and oxygen atoms in total. The van der Waals surface area contributed by atoms with Crippen molar-refractivity contribution in [2.75, 3.05) is 18.4 Å². The van der Waals surface area contributed by atoms with Crippen molar-refractivity contribution < 1.29 is 0 Å². The molecule has 2 heterocycles. The molecule has 0 amide bonds. The lowest BCUT2D eigenvalue weighted by atomic mass is 10.2. The van der Waals surface area contributed by atoms with Crippen LogP contribution in [0.3, 0.4) is 0 Å². The van der Waals surface area contributed by atoms with Crippen LogP contribution in [0.25, 0.3) is 11.4 Å². The maximum absolute atomic E-state index is 4.59. The van der Waals surface area contributed by atoms with Crippen LogP contribution in [0.4, 0.5) is 5.95 Å². The van der Waals surface area contributed by atoms with E-state index >= 15 is 0 Å². The largest absolute Gasteiger partial charge is 0.351 e. The average molecular weight is 343 g/mol. The Labute approximate surface area is 153 Å². The number of nitrogens with one attached hydrogen (secondary N) is 1. The molecule has 2 fully saturated rings. The number of nitrogens with zero attached hydrogens (tertiary/aromatic N) is 4. The molecule has 1 saturated heterocycles. The monoisotopic (exact) mass is 343 g/mol. The van der Waals surface area contributed by atoms with Gasteiger partial charge in [-0.1, -0.05) is 60.7 Å². The van der Waals surface area contributed by atoms with Gasteiger partial charge in [-0.25, -0.2) is 9.97 Å². The number of anilines is 1. The molecule has 130 valence electrons. The normalized spacial score (nSPS) is 24.2. The Bertz CT molecular complexity index is 871. The van der Waals surface area contributed by atoms with Crippen LogP contribution >= 0.6 is 0 Å². The smallest absolute Gasteiger partial charge is 0.226 e. The van der Waals surface area contributed by atoms with E-state index in [2.05, 4.69) is 55.5 Å². The molecule has 5 heteroatoms. The minimum atomic E-state index is 0.494. The first kappa shape index (κ1) is 15.5. The summed E-state index contributed by atoms with van der Waals surface area (Å²) >= 11 is 0. The van der Waals surface area contributed by atoms with Gasteiger partial charge in [-0.15, -0.1) is 0 Å². The highest BCUT2D eigenvalue weighted by atomic mass is 15.2. The van der Waals surface area contributed by atoms with Gasteiger partial charge in [0.2, 0.25) is 5.95 Å². The van der Waals surface area contributed by atoms with E-state index in [4.69, 9.17) is 0 Å². The van der Waals surface area contributed by atoms with Gasteiger partial charge in [0, 0.05) is 31.2 Å². The fourth-order valence-electron chi connectivity index (χ4n) is 4.04. The number of fused-ring (bicyclic) bond motifs is 1. The topological polar surface area (TPSA) is 53.9 Å². The summed E-state index contributed by atoms with van der Waals surface area (Å²) < 4.78 is 0. The van der Waals surface area contributed by atoms with E-state index in [-0.39, 0.29) is 0 Å². The number of hydrogen-bond acceptors (Lipinski definition) is 5. The molecule has 5 rings (SSSR count). The second-order valence-corrected chi connectivity index (χ2v) is 7.18. The van der Waals surface area contributed by atoms with Crippen LogP contribution in [0.2, 0.25) is 0 Å². The van der Waals surface area contributed by atoms with E-state index in [1.165, 1.54) is 5.56 Å². The predicted octanol–water partition coefficient (Wildman–Crippen LogP) is 3.08. The minimum absolute atomic E-state index is 0.494. The molecule has 0 radical (unpaired) electrons. The number of rotatable bonds is 5. The summed E-state index contributed by atoms with van der Waals surface area (Å²) in [4.78, 5) is 15.7. The van der Waals surface area contributed by atoms with Gasteiger partial charge in [-0.2, -0.15) is 4.98 Å². The van der Waals surface area contributed by atoms with E-state index in [0.717, 1.165) is 31.0 Å². The van der Waals surface area contributed by atoms with Crippen molar-refractivity contribution in [1.82, 2.24) is 19.9 Å². The summed E-state index contributed by atoms with van der Waals surface area (Å²) in [5, 5.41) is 3.52. The number of aromatic nitrogens is 3. The quantitative estimate of drug-likeness (QED) is 0.771. The first-order chi connectivity index (χ1) is 12.9. The van der Waals surface area contributed by atoms with Crippen molar-refractivity contribution in [2.45, 2.75) is 12.6 Å². The summed E-state index contributed by atoms with van der Waals surface area (Å²) in [7, 11) is 0. The number of hydrogen-bond donors (Lipinski definition) is 1. The SMILES string of the molecule is c1ccc(CN2C[C@@H]3C(Nc4ncnc(-c5ccccc5)n4)[C@@H]3C2)cc1. The molecule has 26 heavy (non-hydrogen) atoms. The van der Waals surface area contributed by atoms with Gasteiger partial charge in [-0.05, 0) is 17.4 Å². The number of likely N-dealkylation sites (tertiary alicyclic amines) is 1. The molecular formula is C21H21N5. The standard InChI is InChI=1S/C21H21N5/c1-3-7-15(8-4-1)11-26-12-17-18(13-26)19(17)24-21-23-14-22-20(25-21)16-9-5-2-6-10-16/h1-10,14,17-19H,11-13H2,(H,22,23,24,25)/t17-,18+,19?. The minimum Gasteiger partial charge on any atom is -0.351 e. The predicted molar refractivity (Wildman–Crippen MR) is 101 cm³/mol. The molecule has 2 aromatic carbocycles. The highest BCUT2D eigenvalue weighted by molar-refractivity contribution is 5.55. The second-order valence-electron chi connectivity index (χ2n) is 7.18. The molecule has 0 spiro atoms. The Morgan fingerprint density at radius 1 is 0.885 bits per heavy atom. The van der Waals surface area contributed by atoms with Crippen molar-refractivity contribution in [3.05, 3.63) is 72.6 Å². The van der Waals surface area contributed by atoms with Crippen molar-refractivity contribution in [1.29, 1.82) is 0 Å². The van der Waals surface area contributed by atoms with Gasteiger partial charge >= 0.3 is 0 Å². The third-order valence-corrected chi connectivity index (χ3v) is 5.42. The highest BCUT2D eigenvalue weighted by Crippen LogP contribution is 2.47. The van der Waals surface area contributed by atoms with E-state index in [1.807, 2.05) is 30.3 Å². The lowest BCUT2D eigenvalue weighted by Gasteiger charge is -2.19. The van der Waals surface area contributed by atoms with Crippen molar-refractivity contribution in [3.8, 4) is 11.4 Å². The van der Waals surface area contributed by atoms with Crippen molar-refractivity contribution >= 4 is 5.95 Å². The fourth-order valence-corrected chi connectivity index (χ4v) is 4.04. The molecule has 1 N–H and O–H groups in total. The van der Waals surface area contributed by atoms with Crippen LogP contribution in [0.1, 0.15) is 5.56 Å². The molecule has 1 aromatic heterocycles. The molecule has 0 bridgehead atoms. The number of benzene rings is 2. The van der Waals surface area contributed by atoms with Gasteiger partial charge in [0.1, 0.15) is 6.33 Å². The first-order valence-corrected chi connectivity index (χ1v) is 9.14. The summed E-state index contributed by atoms with van der Waals surface area (Å²) in [5.41, 5.74) is 2.41. The van der Waals surface area contributed by atoms with Crippen LogP contribution in [0, 0.1) is 11.8 Å². The summed E-state index contributed by atoms with van der Waals surface area (Å²) in [5.74, 6) is 2.82. The molecule has 1 saturated carbocycles. The van der Waals surface area contributed by atoms with Crippen LogP contribution in [-0.4, -0.2) is 39.0 Å². The lowest BCUT2D eigenvalue weighted by molar-refractivity contribution is 0.292. The van der Waals surface area contributed by atoms with Gasteiger partial charge in [-0.3, -0.25) is 4.90 Å². The zero-order valence-corrected chi connectivity index (χ0v) is 14.5. The van der Waals surface area contributed by atoms with Gasteiger partial charge < -0.3 is 5.32 Å². The van der Waals surface area contributed by atoms with Gasteiger partial charge in [0.05, 0.1) is 0 Å². The summed E-state index contributed by atoms with van der Waals surface area (Å²) in [6.07, 6.45) is 1.59. The van der Waals surface area contributed by atoms with E-state index in [9.17, 15) is 0 Å². The third-order valence-electron chi connectivity index (χ3n) is 5.42. The third kappa shape index (κ3) is 3.06. The summed E-state index contributed by atoms with van der Waals surface area (Å²) in [6.45, 7) is 3.34. The molecule has 3 aromatic rings. The Kier molecular flexibility index (Phi) is 3.87. The Morgan fingerprint density at radius 3 is 2.31 bits per heavy atom. The van der Waals surface area contributed by atoms with Crippen LogP contribution < -0.4 is 5.32 Å². The second kappa shape index (κ2) is 6.50. The Balaban J connectivity index is 1.20. The fraction of sp³-hybridized carbons (Fsp3) is 0.286. The molecule has 1 aliphatic carbocycles. The average Bonchev–Trinajstić information content (AvgIpc) is 3.13. The maximum Gasteiger partial charge on any atom is 0.226 e. The number of piperidine rings is 1. The molecule has 2 aliphatic rings. The van der Waals surface area contributed by atoms with Gasteiger partial charge in [0.15, 0.2) is 5.82 Å². The van der Waals surface area contributed by atoms with E-state index in [0.29, 0.717) is 23.8 Å². The highest BCUT2D eigenvalue weighted by Gasteiger charge is 2.55. The lowest BCUT2D eigenvalue weighted by Crippen LogP contribution is -2.27. The van der Waals surface area contributed by atoms with Gasteiger partial charge in [0.25, 0.3) is 0 Å². The molecule has 1 aliphatic heterocycles. The zero-order valence-electron chi connectivity index (χ0n) is 14.5. The van der Waals surface area contributed by atoms with Crippen molar-refractivity contribution in [2.24, 2.45) is 11.8 Å². The Hall–Kier alpha value is -2.79. The Morgan fingerprint density at radius 2 is 1.58 bits per heavy atom. The maximum atomic E-state index is 4.59. The summed E-state index contributed by atoms with van der Waals surface area (Å²) in [6, 6.07) is 21.2. The first-order valence-electron chi connectivity index (χ1n) is 9.14. The molecule has 3 atom stereocenters. The van der Waals surface area contributed by atoms with Crippen molar-refractivity contribution in [3.63, 3.8) is 0 Å². The van der Waals surface area contributed by atoms with Crippen LogP contribution in [0.15, 0.2) is 67.0 Å². The van der Waals surface area contributed by atoms with Crippen LogP contribution in [0.5, 0.6) is 0 Å². The van der Waals surface area contributed by atoms with E-state index < -0.39 is 0 Å². The zero-order chi connectivity index (χ0) is 17.3.